The number of carbonyl (C=O) groups is 1. The summed E-state index contributed by atoms with van der Waals surface area (Å²) in [6.45, 7) is 1.00. The van der Waals surface area contributed by atoms with Crippen molar-refractivity contribution in [3.05, 3.63) is 36.3 Å². The molecule has 0 saturated carbocycles. The molecule has 3 aromatic heterocycles. The largest absolute Gasteiger partial charge is 0.424 e. The van der Waals surface area contributed by atoms with Crippen molar-refractivity contribution >= 4 is 46.1 Å². The molecule has 0 aliphatic carbocycles. The summed E-state index contributed by atoms with van der Waals surface area (Å²) in [6.07, 6.45) is 4.85. The van der Waals surface area contributed by atoms with E-state index in [1.807, 2.05) is 12.1 Å². The monoisotopic (exact) mass is 434 g/mol. The number of aryl methyl sites for hydroxylation is 1. The second-order valence-corrected chi connectivity index (χ2v) is 6.99. The van der Waals surface area contributed by atoms with Crippen LogP contribution >= 0.6 is 0 Å². The van der Waals surface area contributed by atoms with Crippen LogP contribution in [0.25, 0.3) is 33.4 Å². The third-order valence-corrected chi connectivity index (χ3v) is 4.92. The molecular weight excluding hydrogens is 412 g/mol. The zero-order valence-electron chi connectivity index (χ0n) is 17.1. The second-order valence-electron chi connectivity index (χ2n) is 6.99. The molecule has 0 radical (unpaired) electrons. The molecule has 0 spiro atoms. The van der Waals surface area contributed by atoms with Crippen molar-refractivity contribution < 1.29 is 9.21 Å². The highest BCUT2D eigenvalue weighted by atomic mass is 16.4. The summed E-state index contributed by atoms with van der Waals surface area (Å²) < 4.78 is 7.11. The van der Waals surface area contributed by atoms with Crippen LogP contribution in [0.15, 0.2) is 40.7 Å². The number of aromatic nitrogens is 5. The highest BCUT2D eigenvalue weighted by Gasteiger charge is 2.18. The van der Waals surface area contributed by atoms with Gasteiger partial charge in [0.1, 0.15) is 23.4 Å². The van der Waals surface area contributed by atoms with E-state index < -0.39 is 0 Å². The van der Waals surface area contributed by atoms with Crippen molar-refractivity contribution in [1.29, 1.82) is 5.41 Å². The lowest BCUT2D eigenvalue weighted by Gasteiger charge is -2.06. The third kappa shape index (κ3) is 3.93. The lowest BCUT2D eigenvalue weighted by atomic mass is 10.1. The van der Waals surface area contributed by atoms with E-state index in [9.17, 15) is 4.79 Å². The first-order valence-corrected chi connectivity index (χ1v) is 9.85. The van der Waals surface area contributed by atoms with Crippen LogP contribution in [0.5, 0.6) is 0 Å². The van der Waals surface area contributed by atoms with E-state index in [0.717, 1.165) is 24.4 Å². The molecule has 0 saturated heterocycles. The topological polar surface area (TPSA) is 201 Å². The Morgan fingerprint density at radius 2 is 2.09 bits per heavy atom. The van der Waals surface area contributed by atoms with Gasteiger partial charge in [-0.2, -0.15) is 10.1 Å². The van der Waals surface area contributed by atoms with E-state index >= 15 is 0 Å². The summed E-state index contributed by atoms with van der Waals surface area (Å²) in [5, 5.41) is 15.3. The molecule has 3 heterocycles. The molecule has 1 amide bonds. The maximum Gasteiger partial charge on any atom is 0.292 e. The number of nitrogens with zero attached hydrogens (tertiary/aromatic N) is 5. The highest BCUT2D eigenvalue weighted by Crippen LogP contribution is 2.32. The summed E-state index contributed by atoms with van der Waals surface area (Å²) in [5.41, 5.74) is 20.5. The number of nitrogens with one attached hydrogen (secondary N) is 2. The number of oxazole rings is 1. The number of carbonyl (C=O) groups excluding carboxylic acids is 1. The molecule has 12 nitrogen and oxygen atoms in total. The Balaban J connectivity index is 1.53. The van der Waals surface area contributed by atoms with Gasteiger partial charge < -0.3 is 32.3 Å². The van der Waals surface area contributed by atoms with Crippen LogP contribution in [0.1, 0.15) is 12.8 Å². The fraction of sp³-hybridized carbons (Fsp3) is 0.200. The number of nitrogen functional groups attached to an aromatic ring is 2. The summed E-state index contributed by atoms with van der Waals surface area (Å²) in [6, 6.07) is 5.55. The van der Waals surface area contributed by atoms with Crippen molar-refractivity contribution in [3.8, 4) is 11.3 Å². The average molecular weight is 434 g/mol. The van der Waals surface area contributed by atoms with Crippen LogP contribution in [-0.2, 0) is 11.3 Å². The standard InChI is InChI=1S/C20H22N10O2/c21-8-12(9-22)19(31)25-5-1-2-6-30-18-15(17(23)26-10-27-18)16(29-30)11-3-4-14-13(7-11)28-20(24)32-14/h3-4,7-10,21H,1-2,5-6,22H2,(H2,24,28)(H,25,31)(H2,23,26,27)/b12-9+,21-8?. The molecule has 0 fully saturated rings. The molecule has 1 aromatic carbocycles. The van der Waals surface area contributed by atoms with Gasteiger partial charge in [-0.1, -0.05) is 0 Å². The van der Waals surface area contributed by atoms with Crippen molar-refractivity contribution in [2.24, 2.45) is 5.73 Å². The van der Waals surface area contributed by atoms with Gasteiger partial charge in [0.25, 0.3) is 11.9 Å². The van der Waals surface area contributed by atoms with Gasteiger partial charge in [0.15, 0.2) is 11.2 Å². The van der Waals surface area contributed by atoms with Gasteiger partial charge in [0, 0.05) is 31.1 Å². The molecule has 164 valence electrons. The second kappa shape index (κ2) is 8.71. The van der Waals surface area contributed by atoms with Gasteiger partial charge in [-0.15, -0.1) is 0 Å². The average Bonchev–Trinajstić information content (AvgIpc) is 3.34. The number of amides is 1. The van der Waals surface area contributed by atoms with Crippen molar-refractivity contribution in [3.63, 3.8) is 0 Å². The number of hydrogen-bond donors (Lipinski definition) is 5. The van der Waals surface area contributed by atoms with Crippen molar-refractivity contribution in [2.45, 2.75) is 19.4 Å². The van der Waals surface area contributed by atoms with Gasteiger partial charge in [-0.25, -0.2) is 14.6 Å². The third-order valence-electron chi connectivity index (χ3n) is 4.92. The minimum Gasteiger partial charge on any atom is -0.424 e. The molecule has 0 atom stereocenters. The zero-order chi connectivity index (χ0) is 22.7. The molecule has 12 heteroatoms. The number of hydrogen-bond acceptors (Lipinski definition) is 10. The number of benzene rings is 1. The SMILES string of the molecule is N=C/C(=C\N)C(=O)NCCCCn1nc(-c2ccc3oc(N)nc3c2)c2c(N)ncnc21. The van der Waals surface area contributed by atoms with Crippen molar-refractivity contribution in [2.75, 3.05) is 18.0 Å². The van der Waals surface area contributed by atoms with Gasteiger partial charge in [0.2, 0.25) is 0 Å². The highest BCUT2D eigenvalue weighted by molar-refractivity contribution is 6.11. The van der Waals surface area contributed by atoms with E-state index in [1.54, 1.807) is 10.7 Å². The first-order chi connectivity index (χ1) is 15.5. The Labute approximate surface area is 182 Å². The van der Waals surface area contributed by atoms with Crippen LogP contribution in [0.2, 0.25) is 0 Å². The summed E-state index contributed by atoms with van der Waals surface area (Å²) in [5.74, 6) is -0.0465. The van der Waals surface area contributed by atoms with Gasteiger partial charge in [0.05, 0.1) is 11.0 Å². The van der Waals surface area contributed by atoms with E-state index in [-0.39, 0.29) is 17.5 Å². The number of fused-ring (bicyclic) bond motifs is 2. The van der Waals surface area contributed by atoms with Crippen LogP contribution in [0, 0.1) is 5.41 Å². The molecule has 0 aliphatic heterocycles. The lowest BCUT2D eigenvalue weighted by Crippen LogP contribution is -2.27. The van der Waals surface area contributed by atoms with Crippen LogP contribution < -0.4 is 22.5 Å². The van der Waals surface area contributed by atoms with Gasteiger partial charge >= 0.3 is 0 Å². The van der Waals surface area contributed by atoms with Crippen LogP contribution in [0.3, 0.4) is 0 Å². The fourth-order valence-corrected chi connectivity index (χ4v) is 3.36. The predicted octanol–water partition coefficient (Wildman–Crippen LogP) is 1.19. The molecule has 4 aromatic rings. The number of rotatable bonds is 8. The minimum absolute atomic E-state index is 0.0946. The van der Waals surface area contributed by atoms with E-state index in [1.165, 1.54) is 6.33 Å². The molecule has 0 unspecified atom stereocenters. The quantitative estimate of drug-likeness (QED) is 0.153. The normalized spacial score (nSPS) is 11.8. The van der Waals surface area contributed by atoms with Gasteiger partial charge in [-0.3, -0.25) is 4.79 Å². The minimum atomic E-state index is -0.376. The summed E-state index contributed by atoms with van der Waals surface area (Å²) >= 11 is 0. The molecule has 0 aliphatic rings. The maximum absolute atomic E-state index is 11.8. The zero-order valence-corrected chi connectivity index (χ0v) is 17.1. The molecule has 32 heavy (non-hydrogen) atoms. The predicted molar refractivity (Wildman–Crippen MR) is 120 cm³/mol. The lowest BCUT2D eigenvalue weighted by molar-refractivity contribution is -0.117. The Kier molecular flexibility index (Phi) is 5.66. The Morgan fingerprint density at radius 1 is 1.25 bits per heavy atom. The van der Waals surface area contributed by atoms with Gasteiger partial charge in [-0.05, 0) is 31.0 Å². The Hall–Kier alpha value is -4.48. The first-order valence-electron chi connectivity index (χ1n) is 9.85. The van der Waals surface area contributed by atoms with E-state index in [0.29, 0.717) is 53.2 Å². The molecular formula is C20H22N10O2. The maximum atomic E-state index is 11.8. The molecule has 8 N–H and O–H groups in total. The number of nitrogens with two attached hydrogens (primary N) is 3. The number of anilines is 2. The van der Waals surface area contributed by atoms with E-state index in [4.69, 9.17) is 32.1 Å². The van der Waals surface area contributed by atoms with Crippen LogP contribution in [0.4, 0.5) is 11.8 Å². The Morgan fingerprint density at radius 3 is 2.88 bits per heavy atom. The summed E-state index contributed by atoms with van der Waals surface area (Å²) in [7, 11) is 0. The van der Waals surface area contributed by atoms with Crippen LogP contribution in [-0.4, -0.2) is 43.4 Å². The smallest absolute Gasteiger partial charge is 0.292 e. The number of unbranched alkanes of at least 4 members (excludes halogenated alkanes) is 1. The fourth-order valence-electron chi connectivity index (χ4n) is 3.36. The molecule has 4 rings (SSSR count). The van der Waals surface area contributed by atoms with Crippen molar-refractivity contribution in [1.82, 2.24) is 30.0 Å². The first kappa shape index (κ1) is 20.8. The molecule has 0 bridgehead atoms. The summed E-state index contributed by atoms with van der Waals surface area (Å²) in [4.78, 5) is 24.5. The Bertz CT molecular complexity index is 1340. The van der Waals surface area contributed by atoms with E-state index in [2.05, 4.69) is 20.3 Å².